The van der Waals surface area contributed by atoms with E-state index in [-0.39, 0.29) is 0 Å². The first-order valence-corrected chi connectivity index (χ1v) is 20.4. The maximum atomic E-state index is 6.25. The van der Waals surface area contributed by atoms with Gasteiger partial charge in [0.15, 0.2) is 0 Å². The number of hydrogen-bond donors (Lipinski definition) is 0. The maximum absolute atomic E-state index is 6.25. The van der Waals surface area contributed by atoms with Crippen molar-refractivity contribution in [3.05, 3.63) is 180 Å². The van der Waals surface area contributed by atoms with Gasteiger partial charge in [0.25, 0.3) is 0 Å². The van der Waals surface area contributed by atoms with Crippen LogP contribution in [0.3, 0.4) is 0 Å². The van der Waals surface area contributed by atoms with Gasteiger partial charge in [-0.2, -0.15) is 0 Å². The Hall–Kier alpha value is -7.30. The van der Waals surface area contributed by atoms with Crippen LogP contribution in [0.4, 0.5) is 0 Å². The minimum Gasteiger partial charge on any atom is -0.460 e. The largest absolute Gasteiger partial charge is 0.460 e. The maximum Gasteiger partial charge on any atom is 0.134 e. The highest BCUT2D eigenvalue weighted by atomic mass is 16.3. The Kier molecular flexibility index (Phi) is 6.65. The molecule has 58 heavy (non-hydrogen) atoms. The van der Waals surface area contributed by atoms with Crippen LogP contribution >= 0.6 is 0 Å². The number of hydrogen-bond acceptors (Lipinski definition) is 2. The summed E-state index contributed by atoms with van der Waals surface area (Å²) in [7, 11) is 0. The zero-order chi connectivity index (χ0) is 37.9. The fraction of sp³-hybridized carbons (Fsp3) is 0.0741. The van der Waals surface area contributed by atoms with Crippen molar-refractivity contribution < 1.29 is 8.83 Å². The minimum atomic E-state index is 0.959. The van der Waals surface area contributed by atoms with Gasteiger partial charge in [-0.05, 0) is 108 Å². The molecule has 0 amide bonds. The van der Waals surface area contributed by atoms with Gasteiger partial charge >= 0.3 is 0 Å². The molecule has 0 bridgehead atoms. The van der Waals surface area contributed by atoms with Crippen LogP contribution in [0, 0.1) is 0 Å². The first-order chi connectivity index (χ1) is 28.7. The number of para-hydroxylation sites is 2. The van der Waals surface area contributed by atoms with Crippen LogP contribution < -0.4 is 0 Å². The standard InChI is InChI=1S/C54H36N2O2/c1-5-19-47-39(15-1)43-31-50-44(32-49(43)55(47)37-13-9-11-33(27-37)35-23-25-53-45(29-35)41-17-3-7-21-51(41)57-53)40-16-2-6-20-48(40)56(50)38-14-10-12-34(28-38)36-24-26-54-46(30-36)42-18-4-8-22-52(42)58-54/h1-6,9-20,23-32H,7-8,21-22H2. The van der Waals surface area contributed by atoms with Crippen molar-refractivity contribution in [2.45, 2.75) is 25.7 Å². The molecular formula is C54H36N2O2. The van der Waals surface area contributed by atoms with Crippen LogP contribution in [0.15, 0.2) is 167 Å². The molecule has 4 heterocycles. The van der Waals surface area contributed by atoms with Crippen molar-refractivity contribution >= 4 is 77.7 Å². The molecule has 4 heteroatoms. The van der Waals surface area contributed by atoms with E-state index in [9.17, 15) is 0 Å². The van der Waals surface area contributed by atoms with E-state index >= 15 is 0 Å². The molecule has 0 saturated heterocycles. The zero-order valence-corrected chi connectivity index (χ0v) is 31.7. The van der Waals surface area contributed by atoms with Gasteiger partial charge < -0.3 is 18.0 Å². The molecule has 0 aliphatic heterocycles. The number of rotatable bonds is 4. The molecule has 0 unspecified atom stereocenters. The third-order valence-corrected chi connectivity index (χ3v) is 12.6. The number of nitrogens with zero attached hydrogens (tertiary/aromatic N) is 2. The number of aryl methyl sites for hydroxylation is 2. The average Bonchev–Trinajstić information content (AvgIpc) is 4.03. The summed E-state index contributed by atoms with van der Waals surface area (Å²) in [5.74, 6) is 2.19. The summed E-state index contributed by atoms with van der Waals surface area (Å²) in [6, 6.07) is 53.7. The molecule has 0 saturated carbocycles. The monoisotopic (exact) mass is 744 g/mol. The second-order valence-electron chi connectivity index (χ2n) is 15.9. The second-order valence-corrected chi connectivity index (χ2v) is 15.9. The van der Waals surface area contributed by atoms with E-state index in [4.69, 9.17) is 8.83 Å². The van der Waals surface area contributed by atoms with Crippen LogP contribution in [0.5, 0.6) is 0 Å². The highest BCUT2D eigenvalue weighted by Crippen LogP contribution is 2.42. The highest BCUT2D eigenvalue weighted by Gasteiger charge is 2.21. The zero-order valence-electron chi connectivity index (χ0n) is 31.7. The Labute approximate surface area is 334 Å². The molecule has 2 aliphatic carbocycles. The lowest BCUT2D eigenvalue weighted by Gasteiger charge is -2.12. The van der Waals surface area contributed by atoms with Gasteiger partial charge in [0.05, 0.1) is 22.1 Å². The lowest BCUT2D eigenvalue weighted by atomic mass is 9.99. The molecular weight excluding hydrogens is 709 g/mol. The van der Waals surface area contributed by atoms with E-state index in [1.165, 1.54) is 87.8 Å². The smallest absolute Gasteiger partial charge is 0.134 e. The van der Waals surface area contributed by atoms with E-state index in [0.29, 0.717) is 0 Å². The SMILES string of the molecule is C1=Cc2c(oc3ccc(-c4cccc(-n5c6ccccc6c6cc7c(cc65)c5ccccc5n7-c5cccc(-c6ccc7oc8c(c7c6)C=CCC8)c5)c4)cc23)CC1. The molecule has 2 aliphatic rings. The molecule has 7 aromatic carbocycles. The predicted molar refractivity (Wildman–Crippen MR) is 240 cm³/mol. The predicted octanol–water partition coefficient (Wildman–Crippen LogP) is 14.6. The first-order valence-electron chi connectivity index (χ1n) is 20.4. The fourth-order valence-electron chi connectivity index (χ4n) is 9.90. The molecule has 4 aromatic heterocycles. The number of benzene rings is 7. The molecule has 0 fully saturated rings. The van der Waals surface area contributed by atoms with Gasteiger partial charge in [-0.25, -0.2) is 0 Å². The lowest BCUT2D eigenvalue weighted by molar-refractivity contribution is 0.546. The van der Waals surface area contributed by atoms with Crippen molar-refractivity contribution in [1.82, 2.24) is 9.13 Å². The van der Waals surface area contributed by atoms with E-state index in [2.05, 4.69) is 179 Å². The molecule has 274 valence electrons. The quantitative estimate of drug-likeness (QED) is 0.180. The third-order valence-electron chi connectivity index (χ3n) is 12.6. The van der Waals surface area contributed by atoms with Gasteiger partial charge in [-0.3, -0.25) is 0 Å². The number of furan rings is 2. The summed E-state index contributed by atoms with van der Waals surface area (Å²) in [5, 5.41) is 7.30. The van der Waals surface area contributed by atoms with E-state index < -0.39 is 0 Å². The number of fused-ring (bicyclic) bond motifs is 12. The van der Waals surface area contributed by atoms with Gasteiger partial charge in [0.1, 0.15) is 22.7 Å². The Morgan fingerprint density at radius 3 is 1.33 bits per heavy atom. The second kappa shape index (κ2) is 12.1. The Bertz CT molecular complexity index is 3340. The van der Waals surface area contributed by atoms with E-state index in [0.717, 1.165) is 59.7 Å². The van der Waals surface area contributed by atoms with E-state index in [1.807, 2.05) is 0 Å². The van der Waals surface area contributed by atoms with Crippen molar-refractivity contribution in [1.29, 1.82) is 0 Å². The first kappa shape index (κ1) is 31.9. The van der Waals surface area contributed by atoms with Crippen molar-refractivity contribution in [2.24, 2.45) is 0 Å². The van der Waals surface area contributed by atoms with Crippen LogP contribution in [-0.4, -0.2) is 9.13 Å². The van der Waals surface area contributed by atoms with E-state index in [1.54, 1.807) is 0 Å². The van der Waals surface area contributed by atoms with Gasteiger partial charge in [0, 0.05) is 67.7 Å². The van der Waals surface area contributed by atoms with Gasteiger partial charge in [-0.1, -0.05) is 97.1 Å². The lowest BCUT2D eigenvalue weighted by Crippen LogP contribution is -1.95. The van der Waals surface area contributed by atoms with Crippen molar-refractivity contribution in [3.63, 3.8) is 0 Å². The fourth-order valence-corrected chi connectivity index (χ4v) is 9.90. The Balaban J connectivity index is 0.988. The normalized spacial score (nSPS) is 13.8. The number of allylic oxidation sites excluding steroid dienone is 2. The minimum absolute atomic E-state index is 0.959. The van der Waals surface area contributed by atoms with Gasteiger partial charge in [-0.15, -0.1) is 0 Å². The molecule has 0 atom stereocenters. The average molecular weight is 745 g/mol. The summed E-state index contributed by atoms with van der Waals surface area (Å²) in [6.07, 6.45) is 12.9. The Morgan fingerprint density at radius 2 is 0.828 bits per heavy atom. The molecule has 11 aromatic rings. The third kappa shape index (κ3) is 4.63. The topological polar surface area (TPSA) is 36.1 Å². The highest BCUT2D eigenvalue weighted by molar-refractivity contribution is 6.19. The van der Waals surface area contributed by atoms with Crippen molar-refractivity contribution in [2.75, 3.05) is 0 Å². The van der Waals surface area contributed by atoms with Crippen LogP contribution in [0.25, 0.3) is 111 Å². The Morgan fingerprint density at radius 1 is 0.362 bits per heavy atom. The molecule has 0 radical (unpaired) electrons. The summed E-state index contributed by atoms with van der Waals surface area (Å²) < 4.78 is 17.4. The summed E-state index contributed by atoms with van der Waals surface area (Å²) in [4.78, 5) is 0. The summed E-state index contributed by atoms with van der Waals surface area (Å²) in [6.45, 7) is 0. The molecule has 4 nitrogen and oxygen atoms in total. The van der Waals surface area contributed by atoms with Gasteiger partial charge in [0.2, 0.25) is 0 Å². The van der Waals surface area contributed by atoms with Crippen LogP contribution in [0.1, 0.15) is 35.5 Å². The number of aromatic nitrogens is 2. The van der Waals surface area contributed by atoms with Crippen LogP contribution in [-0.2, 0) is 12.8 Å². The molecule has 13 rings (SSSR count). The molecule has 0 spiro atoms. The summed E-state index contributed by atoms with van der Waals surface area (Å²) in [5.41, 5.74) is 16.1. The van der Waals surface area contributed by atoms with Crippen LogP contribution in [0.2, 0.25) is 0 Å². The summed E-state index contributed by atoms with van der Waals surface area (Å²) >= 11 is 0. The van der Waals surface area contributed by atoms with Crippen molar-refractivity contribution in [3.8, 4) is 33.6 Å². The molecule has 0 N–H and O–H groups in total.